The lowest BCUT2D eigenvalue weighted by atomic mass is 10.2. The molecule has 1 fully saturated rings. The van der Waals surface area contributed by atoms with Crippen LogP contribution in [-0.4, -0.2) is 30.3 Å². The molecule has 0 radical (unpaired) electrons. The molecule has 54 valence electrons. The highest BCUT2D eigenvalue weighted by Crippen LogP contribution is 2.18. The van der Waals surface area contributed by atoms with Gasteiger partial charge in [-0.15, -0.1) is 0 Å². The van der Waals surface area contributed by atoms with Gasteiger partial charge in [0.1, 0.15) is 0 Å². The molecule has 1 rings (SSSR count). The monoisotopic (exact) mass is 149 g/mol. The van der Waals surface area contributed by atoms with Crippen LogP contribution in [0.3, 0.4) is 0 Å². The van der Waals surface area contributed by atoms with Crippen molar-refractivity contribution in [3.05, 3.63) is 0 Å². The van der Waals surface area contributed by atoms with Crippen molar-refractivity contribution in [3.63, 3.8) is 0 Å². The fraction of sp³-hybridized carbons (Fsp3) is 1.00. The summed E-state index contributed by atoms with van der Waals surface area (Å²) in [5, 5.41) is 0. The third kappa shape index (κ3) is 1.83. The molecule has 1 saturated heterocycles. The molecule has 3 heteroatoms. The molecule has 1 heterocycles. The minimum absolute atomic E-state index is 0.461. The Kier molecular flexibility index (Phi) is 2.79. The molecule has 9 heavy (non-hydrogen) atoms. The summed E-state index contributed by atoms with van der Waals surface area (Å²) in [7, 11) is 2.06. The van der Waals surface area contributed by atoms with E-state index in [2.05, 4.69) is 11.9 Å². The second-order valence-corrected chi connectivity index (χ2v) is 3.10. The second-order valence-electron chi connectivity index (χ2n) is 2.55. The lowest BCUT2D eigenvalue weighted by Gasteiger charge is -2.16. The maximum Gasteiger partial charge on any atom is 0.0459 e. The van der Waals surface area contributed by atoms with E-state index in [1.165, 1.54) is 12.8 Å². The smallest absolute Gasteiger partial charge is 0.0459 e. The van der Waals surface area contributed by atoms with Gasteiger partial charge in [-0.3, -0.25) is 0 Å². The van der Waals surface area contributed by atoms with Crippen molar-refractivity contribution < 1.29 is 3.89 Å². The molecule has 1 aliphatic heterocycles. The normalized spacial score (nSPS) is 29.3. The summed E-state index contributed by atoms with van der Waals surface area (Å²) in [6.45, 7) is 1.14. The first-order valence-electron chi connectivity index (χ1n) is 3.28. The molecular formula is C6H12FNS. The SMILES string of the molecule is CN1CCCC1CSF. The van der Waals surface area contributed by atoms with E-state index in [0.717, 1.165) is 6.54 Å². The van der Waals surface area contributed by atoms with E-state index in [4.69, 9.17) is 0 Å². The van der Waals surface area contributed by atoms with E-state index in [-0.39, 0.29) is 0 Å². The first kappa shape index (κ1) is 7.35. The first-order valence-corrected chi connectivity index (χ1v) is 4.17. The summed E-state index contributed by atoms with van der Waals surface area (Å²) in [4.78, 5) is 2.23. The van der Waals surface area contributed by atoms with Crippen molar-refractivity contribution in [2.45, 2.75) is 18.9 Å². The average molecular weight is 149 g/mol. The summed E-state index contributed by atoms with van der Waals surface area (Å²) < 4.78 is 11.7. The lowest BCUT2D eigenvalue weighted by molar-refractivity contribution is 0.334. The van der Waals surface area contributed by atoms with Crippen molar-refractivity contribution in [1.29, 1.82) is 0 Å². The number of rotatable bonds is 2. The average Bonchev–Trinajstić information content (AvgIpc) is 2.18. The number of likely N-dealkylation sites (tertiary alicyclic amines) is 1. The van der Waals surface area contributed by atoms with E-state index < -0.39 is 0 Å². The van der Waals surface area contributed by atoms with Crippen molar-refractivity contribution in [2.24, 2.45) is 0 Å². The largest absolute Gasteiger partial charge is 0.303 e. The Morgan fingerprint density at radius 3 is 3.00 bits per heavy atom. The van der Waals surface area contributed by atoms with Crippen molar-refractivity contribution >= 4 is 12.1 Å². The van der Waals surface area contributed by atoms with Gasteiger partial charge >= 0.3 is 0 Å². The van der Waals surface area contributed by atoms with Gasteiger partial charge in [0.25, 0.3) is 0 Å². The number of hydrogen-bond acceptors (Lipinski definition) is 2. The zero-order chi connectivity index (χ0) is 6.69. The minimum Gasteiger partial charge on any atom is -0.303 e. The van der Waals surface area contributed by atoms with Gasteiger partial charge < -0.3 is 4.90 Å². The van der Waals surface area contributed by atoms with Gasteiger partial charge in [-0.1, -0.05) is 0 Å². The highest BCUT2D eigenvalue weighted by molar-refractivity contribution is 7.94. The van der Waals surface area contributed by atoms with Gasteiger partial charge in [0.15, 0.2) is 0 Å². The van der Waals surface area contributed by atoms with Crippen LogP contribution < -0.4 is 0 Å². The van der Waals surface area contributed by atoms with Crippen LogP contribution in [0.5, 0.6) is 0 Å². The zero-order valence-corrected chi connectivity index (χ0v) is 6.46. The quantitative estimate of drug-likeness (QED) is 0.588. The minimum atomic E-state index is 0.461. The summed E-state index contributed by atoms with van der Waals surface area (Å²) >= 11 is 0.461. The number of hydrogen-bond donors (Lipinski definition) is 0. The molecule has 0 aliphatic carbocycles. The Labute approximate surface area is 59.9 Å². The van der Waals surface area contributed by atoms with Gasteiger partial charge in [0.2, 0.25) is 0 Å². The van der Waals surface area contributed by atoms with Crippen molar-refractivity contribution in [3.8, 4) is 0 Å². The Balaban J connectivity index is 2.22. The van der Waals surface area contributed by atoms with Crippen LogP contribution in [0.4, 0.5) is 3.89 Å². The summed E-state index contributed by atoms with van der Waals surface area (Å²) in [6, 6.07) is 0.500. The second kappa shape index (κ2) is 3.42. The summed E-state index contributed by atoms with van der Waals surface area (Å²) in [5.41, 5.74) is 0. The Morgan fingerprint density at radius 1 is 1.78 bits per heavy atom. The molecule has 0 saturated carbocycles. The number of nitrogens with zero attached hydrogens (tertiary/aromatic N) is 1. The van der Waals surface area contributed by atoms with E-state index in [0.29, 0.717) is 23.9 Å². The molecule has 1 unspecified atom stereocenters. The molecule has 0 amide bonds. The molecule has 0 aromatic rings. The van der Waals surface area contributed by atoms with Gasteiger partial charge in [-0.2, -0.15) is 3.89 Å². The topological polar surface area (TPSA) is 3.24 Å². The van der Waals surface area contributed by atoms with Gasteiger partial charge in [0, 0.05) is 23.9 Å². The Bertz CT molecular complexity index is 89.1. The third-order valence-electron chi connectivity index (χ3n) is 1.93. The maximum atomic E-state index is 11.7. The fourth-order valence-corrected chi connectivity index (χ4v) is 1.83. The predicted octanol–water partition coefficient (Wildman–Crippen LogP) is 1.70. The van der Waals surface area contributed by atoms with E-state index in [1.54, 1.807) is 0 Å². The van der Waals surface area contributed by atoms with E-state index >= 15 is 0 Å². The van der Waals surface area contributed by atoms with E-state index in [1.807, 2.05) is 0 Å². The molecule has 0 aromatic heterocycles. The predicted molar refractivity (Wildman–Crippen MR) is 39.2 cm³/mol. The molecule has 0 spiro atoms. The Morgan fingerprint density at radius 2 is 2.56 bits per heavy atom. The van der Waals surface area contributed by atoms with Crippen molar-refractivity contribution in [1.82, 2.24) is 4.90 Å². The molecule has 1 atom stereocenters. The third-order valence-corrected chi connectivity index (χ3v) is 2.44. The van der Waals surface area contributed by atoms with Crippen LogP contribution in [0.2, 0.25) is 0 Å². The van der Waals surface area contributed by atoms with Gasteiger partial charge in [-0.05, 0) is 26.4 Å². The lowest BCUT2D eigenvalue weighted by Crippen LogP contribution is -2.26. The van der Waals surface area contributed by atoms with Crippen molar-refractivity contribution in [2.75, 3.05) is 19.3 Å². The molecular weight excluding hydrogens is 137 g/mol. The highest BCUT2D eigenvalue weighted by atomic mass is 32.2. The molecule has 0 bridgehead atoms. The van der Waals surface area contributed by atoms with Crippen LogP contribution in [0.15, 0.2) is 0 Å². The summed E-state index contributed by atoms with van der Waals surface area (Å²) in [6.07, 6.45) is 2.41. The number of halogens is 1. The van der Waals surface area contributed by atoms with Crippen LogP contribution in [-0.2, 0) is 0 Å². The highest BCUT2D eigenvalue weighted by Gasteiger charge is 2.20. The van der Waals surface area contributed by atoms with E-state index in [9.17, 15) is 3.89 Å². The molecule has 1 aliphatic rings. The molecule has 0 N–H and O–H groups in total. The molecule has 0 aromatic carbocycles. The molecule has 1 nitrogen and oxygen atoms in total. The van der Waals surface area contributed by atoms with Crippen LogP contribution in [0.25, 0.3) is 0 Å². The fourth-order valence-electron chi connectivity index (χ4n) is 1.26. The first-order chi connectivity index (χ1) is 4.34. The summed E-state index contributed by atoms with van der Waals surface area (Å²) in [5.74, 6) is 0.649. The van der Waals surface area contributed by atoms with Crippen LogP contribution in [0, 0.1) is 0 Å². The Hall–Kier alpha value is 0.240. The maximum absolute atomic E-state index is 11.7. The van der Waals surface area contributed by atoms with Gasteiger partial charge in [0.05, 0.1) is 0 Å². The standard InChI is InChI=1S/C6H12FNS/c1-8-4-2-3-6(8)5-9-7/h6H,2-5H2,1H3. The van der Waals surface area contributed by atoms with Crippen LogP contribution in [0.1, 0.15) is 12.8 Å². The van der Waals surface area contributed by atoms with Crippen LogP contribution >= 0.6 is 12.1 Å². The van der Waals surface area contributed by atoms with Gasteiger partial charge in [-0.25, -0.2) is 0 Å². The zero-order valence-electron chi connectivity index (χ0n) is 5.64.